The molecule has 0 bridgehead atoms. The molecule has 3 aromatic rings. The van der Waals surface area contributed by atoms with Gasteiger partial charge in [0.25, 0.3) is 0 Å². The lowest BCUT2D eigenvalue weighted by Gasteiger charge is -2.06. The van der Waals surface area contributed by atoms with E-state index in [0.717, 1.165) is 22.4 Å². The van der Waals surface area contributed by atoms with Crippen LogP contribution in [0.4, 0.5) is 5.69 Å². The Labute approximate surface area is 121 Å². The summed E-state index contributed by atoms with van der Waals surface area (Å²) in [5, 5.41) is 3.41. The molecule has 100 valence electrons. The maximum absolute atomic E-state index is 11.0. The van der Waals surface area contributed by atoms with Crippen molar-refractivity contribution in [1.82, 2.24) is 9.55 Å². The molecule has 5 heteroatoms. The van der Waals surface area contributed by atoms with Gasteiger partial charge in [-0.25, -0.2) is 4.98 Å². The number of rotatable bonds is 2. The number of fused-ring (bicyclic) bond motifs is 1. The van der Waals surface area contributed by atoms with Crippen molar-refractivity contribution in [1.29, 1.82) is 0 Å². The van der Waals surface area contributed by atoms with Crippen LogP contribution in [0.1, 0.15) is 6.92 Å². The highest BCUT2D eigenvalue weighted by molar-refractivity contribution is 6.31. The predicted octanol–water partition coefficient (Wildman–Crippen LogP) is 3.64. The maximum Gasteiger partial charge on any atom is 0.221 e. The topological polar surface area (TPSA) is 46.9 Å². The molecule has 1 amide bonds. The maximum atomic E-state index is 11.0. The van der Waals surface area contributed by atoms with Gasteiger partial charge in [0.15, 0.2) is 0 Å². The normalized spacial score (nSPS) is 10.7. The molecule has 1 aromatic heterocycles. The largest absolute Gasteiger partial charge is 0.326 e. The zero-order chi connectivity index (χ0) is 14.1. The summed E-state index contributed by atoms with van der Waals surface area (Å²) in [4.78, 5) is 15.3. The second kappa shape index (κ2) is 4.98. The van der Waals surface area contributed by atoms with Crippen LogP contribution in [-0.4, -0.2) is 15.5 Å². The van der Waals surface area contributed by atoms with E-state index in [2.05, 4.69) is 10.3 Å². The number of carbonyl (C=O) groups is 1. The molecule has 0 aliphatic carbocycles. The molecule has 4 nitrogen and oxygen atoms in total. The van der Waals surface area contributed by atoms with Crippen LogP contribution in [0, 0.1) is 0 Å². The first-order valence-electron chi connectivity index (χ1n) is 6.14. The van der Waals surface area contributed by atoms with E-state index in [1.807, 2.05) is 47.0 Å². The quantitative estimate of drug-likeness (QED) is 0.781. The molecule has 0 radical (unpaired) electrons. The number of aromatic nitrogens is 2. The van der Waals surface area contributed by atoms with Gasteiger partial charge >= 0.3 is 0 Å². The van der Waals surface area contributed by atoms with Gasteiger partial charge in [0, 0.05) is 23.3 Å². The molecule has 0 saturated heterocycles. The summed E-state index contributed by atoms with van der Waals surface area (Å²) in [6.45, 7) is 1.49. The zero-order valence-electron chi connectivity index (χ0n) is 10.8. The van der Waals surface area contributed by atoms with Gasteiger partial charge in [-0.2, -0.15) is 0 Å². The van der Waals surface area contributed by atoms with Crippen molar-refractivity contribution in [3.05, 3.63) is 53.8 Å². The summed E-state index contributed by atoms with van der Waals surface area (Å²) in [5.74, 6) is -0.0855. The van der Waals surface area contributed by atoms with Crippen LogP contribution in [0.25, 0.3) is 16.7 Å². The molecule has 0 fully saturated rings. The van der Waals surface area contributed by atoms with Crippen molar-refractivity contribution in [2.45, 2.75) is 6.92 Å². The van der Waals surface area contributed by atoms with Crippen LogP contribution < -0.4 is 5.32 Å². The summed E-state index contributed by atoms with van der Waals surface area (Å²) in [5.41, 5.74) is 3.57. The summed E-state index contributed by atoms with van der Waals surface area (Å²) in [6, 6.07) is 13.1. The van der Waals surface area contributed by atoms with Crippen molar-refractivity contribution < 1.29 is 4.79 Å². The molecule has 20 heavy (non-hydrogen) atoms. The monoisotopic (exact) mass is 285 g/mol. The number of hydrogen-bond donors (Lipinski definition) is 1. The van der Waals surface area contributed by atoms with E-state index in [1.54, 1.807) is 6.33 Å². The third kappa shape index (κ3) is 2.38. The van der Waals surface area contributed by atoms with Crippen LogP contribution >= 0.6 is 11.6 Å². The van der Waals surface area contributed by atoms with Gasteiger partial charge in [-0.3, -0.25) is 9.36 Å². The van der Waals surface area contributed by atoms with Crippen LogP contribution in [0.3, 0.4) is 0 Å². The molecular weight excluding hydrogens is 274 g/mol. The molecule has 0 atom stereocenters. The molecule has 2 aromatic carbocycles. The molecule has 0 unspecified atom stereocenters. The lowest BCUT2D eigenvalue weighted by molar-refractivity contribution is -0.114. The van der Waals surface area contributed by atoms with Crippen molar-refractivity contribution >= 4 is 34.2 Å². The summed E-state index contributed by atoms with van der Waals surface area (Å²) in [7, 11) is 0. The highest BCUT2D eigenvalue weighted by Crippen LogP contribution is 2.22. The van der Waals surface area contributed by atoms with Gasteiger partial charge in [-0.15, -0.1) is 0 Å². The van der Waals surface area contributed by atoms with E-state index < -0.39 is 0 Å². The first-order valence-corrected chi connectivity index (χ1v) is 6.52. The Morgan fingerprint density at radius 2 is 1.95 bits per heavy atom. The van der Waals surface area contributed by atoms with Gasteiger partial charge in [0.2, 0.25) is 5.91 Å². The fourth-order valence-electron chi connectivity index (χ4n) is 2.10. The second-order valence-corrected chi connectivity index (χ2v) is 4.91. The number of imidazole rings is 1. The summed E-state index contributed by atoms with van der Waals surface area (Å²) >= 11 is 6.03. The highest BCUT2D eigenvalue weighted by atomic mass is 35.5. The zero-order valence-corrected chi connectivity index (χ0v) is 11.6. The molecule has 0 aliphatic rings. The van der Waals surface area contributed by atoms with E-state index in [4.69, 9.17) is 11.6 Å². The SMILES string of the molecule is CC(=O)Nc1ccc(-n2cnc3ccc(Cl)cc32)cc1. The number of nitrogens with one attached hydrogen (secondary N) is 1. The fourth-order valence-corrected chi connectivity index (χ4v) is 2.26. The molecule has 0 spiro atoms. The lowest BCUT2D eigenvalue weighted by Crippen LogP contribution is -2.05. The van der Waals surface area contributed by atoms with Crippen molar-refractivity contribution in [3.8, 4) is 5.69 Å². The molecule has 0 aliphatic heterocycles. The number of halogens is 1. The van der Waals surface area contributed by atoms with Crippen molar-refractivity contribution in [3.63, 3.8) is 0 Å². The first-order chi connectivity index (χ1) is 9.63. The van der Waals surface area contributed by atoms with Crippen LogP contribution in [0.5, 0.6) is 0 Å². The average molecular weight is 286 g/mol. The van der Waals surface area contributed by atoms with Crippen molar-refractivity contribution in [2.24, 2.45) is 0 Å². The summed E-state index contributed by atoms with van der Waals surface area (Å²) in [6.07, 6.45) is 1.76. The molecule has 1 heterocycles. The Bertz CT molecular complexity index is 777. The van der Waals surface area contributed by atoms with Crippen LogP contribution in [0.2, 0.25) is 5.02 Å². The molecule has 0 saturated carbocycles. The average Bonchev–Trinajstić information content (AvgIpc) is 2.82. The minimum Gasteiger partial charge on any atom is -0.326 e. The second-order valence-electron chi connectivity index (χ2n) is 4.48. The van der Waals surface area contributed by atoms with Gasteiger partial charge in [0.05, 0.1) is 11.0 Å². The number of benzene rings is 2. The Morgan fingerprint density at radius 3 is 2.65 bits per heavy atom. The number of anilines is 1. The highest BCUT2D eigenvalue weighted by Gasteiger charge is 2.05. The predicted molar refractivity (Wildman–Crippen MR) is 80.4 cm³/mol. The summed E-state index contributed by atoms with van der Waals surface area (Å²) < 4.78 is 1.96. The number of nitrogens with zero attached hydrogens (tertiary/aromatic N) is 2. The van der Waals surface area contributed by atoms with E-state index in [0.29, 0.717) is 5.02 Å². The Balaban J connectivity index is 2.02. The lowest BCUT2D eigenvalue weighted by atomic mass is 10.2. The first kappa shape index (κ1) is 12.7. The number of carbonyl (C=O) groups excluding carboxylic acids is 1. The van der Waals surface area contributed by atoms with Gasteiger partial charge in [0.1, 0.15) is 6.33 Å². The van der Waals surface area contributed by atoms with Gasteiger partial charge in [-0.1, -0.05) is 11.6 Å². The Morgan fingerprint density at radius 1 is 1.20 bits per heavy atom. The molecular formula is C15H12ClN3O. The minimum absolute atomic E-state index is 0.0855. The van der Waals surface area contributed by atoms with E-state index >= 15 is 0 Å². The fraction of sp³-hybridized carbons (Fsp3) is 0.0667. The molecule has 1 N–H and O–H groups in total. The third-order valence-electron chi connectivity index (χ3n) is 2.98. The molecule has 3 rings (SSSR count). The Hall–Kier alpha value is -2.33. The van der Waals surface area contributed by atoms with Crippen LogP contribution in [0.15, 0.2) is 48.8 Å². The third-order valence-corrected chi connectivity index (χ3v) is 3.21. The van der Waals surface area contributed by atoms with E-state index in [1.165, 1.54) is 6.92 Å². The van der Waals surface area contributed by atoms with Crippen LogP contribution in [-0.2, 0) is 4.79 Å². The smallest absolute Gasteiger partial charge is 0.221 e. The van der Waals surface area contributed by atoms with Gasteiger partial charge < -0.3 is 5.32 Å². The van der Waals surface area contributed by atoms with Crippen molar-refractivity contribution in [2.75, 3.05) is 5.32 Å². The number of amides is 1. The van der Waals surface area contributed by atoms with E-state index in [9.17, 15) is 4.79 Å². The minimum atomic E-state index is -0.0855. The number of hydrogen-bond acceptors (Lipinski definition) is 2. The standard InChI is InChI=1S/C15H12ClN3O/c1-10(20)18-12-3-5-13(6-4-12)19-9-17-14-7-2-11(16)8-15(14)19/h2-9H,1H3,(H,18,20). The van der Waals surface area contributed by atoms with Gasteiger partial charge in [-0.05, 0) is 42.5 Å². The Kier molecular flexibility index (Phi) is 3.16. The van der Waals surface area contributed by atoms with E-state index in [-0.39, 0.29) is 5.91 Å².